The first kappa shape index (κ1) is 9.58. The molecule has 3 aromatic rings. The Labute approximate surface area is 104 Å². The third-order valence-corrected chi connectivity index (χ3v) is 3.76. The van der Waals surface area contributed by atoms with Gasteiger partial charge in [0.15, 0.2) is 0 Å². The van der Waals surface area contributed by atoms with E-state index in [2.05, 4.69) is 41.2 Å². The number of rotatable bonds is 0. The van der Waals surface area contributed by atoms with Gasteiger partial charge in [0, 0.05) is 5.39 Å². The van der Waals surface area contributed by atoms with Gasteiger partial charge in [-0.1, -0.05) is 42.5 Å². The smallest absolute Gasteiger partial charge is 0.304 e. The molecule has 4 rings (SSSR count). The molecule has 0 unspecified atom stereocenters. The fraction of sp³-hybridized carbons (Fsp3) is 0.0625. The minimum atomic E-state index is 0.698. The zero-order valence-corrected chi connectivity index (χ0v) is 9.72. The van der Waals surface area contributed by atoms with Gasteiger partial charge < -0.3 is 5.53 Å². The Balaban J connectivity index is 2.40. The van der Waals surface area contributed by atoms with Crippen LogP contribution in [-0.2, 0) is 6.42 Å². The molecule has 2 nitrogen and oxygen atoms in total. The summed E-state index contributed by atoms with van der Waals surface area (Å²) in [5.41, 5.74) is 12.3. The standard InChI is InChI=1S/C16H10N2/c17-18-14-9-12-5-1-3-10-7-8-11-4-2-6-13(14)16(11)15(10)12/h1-8H,9H2. The molecule has 0 atom stereocenters. The summed E-state index contributed by atoms with van der Waals surface area (Å²) in [5.74, 6) is 0. The molecule has 84 valence electrons. The Morgan fingerprint density at radius 2 is 1.56 bits per heavy atom. The lowest BCUT2D eigenvalue weighted by molar-refractivity contribution is -0.00611. The van der Waals surface area contributed by atoms with Crippen molar-refractivity contribution < 1.29 is 4.79 Å². The minimum absolute atomic E-state index is 0.698. The summed E-state index contributed by atoms with van der Waals surface area (Å²) in [4.78, 5) is 3.48. The van der Waals surface area contributed by atoms with Crippen molar-refractivity contribution in [2.75, 3.05) is 0 Å². The lowest BCUT2D eigenvalue weighted by Gasteiger charge is -2.15. The van der Waals surface area contributed by atoms with Gasteiger partial charge in [-0.3, -0.25) is 0 Å². The quantitative estimate of drug-likeness (QED) is 0.321. The lowest BCUT2D eigenvalue weighted by Crippen LogP contribution is -2.12. The highest BCUT2D eigenvalue weighted by Crippen LogP contribution is 2.35. The van der Waals surface area contributed by atoms with Gasteiger partial charge in [-0.25, -0.2) is 0 Å². The van der Waals surface area contributed by atoms with Crippen LogP contribution in [0.5, 0.6) is 0 Å². The minimum Gasteiger partial charge on any atom is -0.361 e. The van der Waals surface area contributed by atoms with Crippen LogP contribution in [0.3, 0.4) is 0 Å². The van der Waals surface area contributed by atoms with E-state index in [4.69, 9.17) is 0 Å². The molecule has 18 heavy (non-hydrogen) atoms. The molecule has 2 heteroatoms. The van der Waals surface area contributed by atoms with Crippen molar-refractivity contribution in [3.8, 4) is 0 Å². The number of benzene rings is 3. The van der Waals surface area contributed by atoms with Crippen LogP contribution < -0.4 is 0 Å². The average molecular weight is 230 g/mol. The Morgan fingerprint density at radius 3 is 2.33 bits per heavy atom. The van der Waals surface area contributed by atoms with Crippen molar-refractivity contribution in [2.24, 2.45) is 0 Å². The van der Waals surface area contributed by atoms with Crippen LogP contribution >= 0.6 is 0 Å². The van der Waals surface area contributed by atoms with Gasteiger partial charge in [0.1, 0.15) is 0 Å². The summed E-state index contributed by atoms with van der Waals surface area (Å²) < 4.78 is 0. The Kier molecular flexibility index (Phi) is 1.75. The molecule has 0 aromatic heterocycles. The van der Waals surface area contributed by atoms with Crippen molar-refractivity contribution in [1.29, 1.82) is 0 Å². The maximum atomic E-state index is 9.21. The van der Waals surface area contributed by atoms with E-state index < -0.39 is 0 Å². The molecule has 0 fully saturated rings. The molecular formula is C16H10N2. The van der Waals surface area contributed by atoms with Crippen molar-refractivity contribution >= 4 is 27.3 Å². The summed E-state index contributed by atoms with van der Waals surface area (Å²) in [6.07, 6.45) is 0.698. The van der Waals surface area contributed by atoms with Crippen molar-refractivity contribution in [3.05, 3.63) is 65.2 Å². The third-order valence-electron chi connectivity index (χ3n) is 3.76. The first-order valence-electron chi connectivity index (χ1n) is 6.03. The predicted molar refractivity (Wildman–Crippen MR) is 72.9 cm³/mol. The highest BCUT2D eigenvalue weighted by Gasteiger charge is 2.24. The van der Waals surface area contributed by atoms with Gasteiger partial charge in [0.2, 0.25) is 0 Å². The van der Waals surface area contributed by atoms with E-state index in [-0.39, 0.29) is 0 Å². The average Bonchev–Trinajstić information content (AvgIpc) is 2.44. The third kappa shape index (κ3) is 1.08. The number of hydrogen-bond donors (Lipinski definition) is 0. The molecule has 0 radical (unpaired) electrons. The van der Waals surface area contributed by atoms with Gasteiger partial charge in [0.05, 0.1) is 12.0 Å². The van der Waals surface area contributed by atoms with E-state index in [0.717, 1.165) is 11.3 Å². The molecule has 1 aliphatic rings. The highest BCUT2D eigenvalue weighted by atomic mass is 14.9. The van der Waals surface area contributed by atoms with E-state index in [1.54, 1.807) is 0 Å². The molecule has 0 amide bonds. The van der Waals surface area contributed by atoms with Crippen LogP contribution in [0.25, 0.3) is 27.1 Å². The zero-order chi connectivity index (χ0) is 12.1. The molecule has 0 saturated heterocycles. The van der Waals surface area contributed by atoms with Gasteiger partial charge >= 0.3 is 5.71 Å². The Bertz CT molecular complexity index is 855. The second-order valence-electron chi connectivity index (χ2n) is 4.71. The highest BCUT2D eigenvalue weighted by molar-refractivity contribution is 6.23. The number of nitrogens with zero attached hydrogens (tertiary/aromatic N) is 2. The lowest BCUT2D eigenvalue weighted by atomic mass is 9.85. The van der Waals surface area contributed by atoms with Crippen LogP contribution in [0.2, 0.25) is 0 Å². The second-order valence-corrected chi connectivity index (χ2v) is 4.71. The van der Waals surface area contributed by atoms with E-state index in [0.29, 0.717) is 6.42 Å². The van der Waals surface area contributed by atoms with Crippen LogP contribution in [0, 0.1) is 0 Å². The van der Waals surface area contributed by atoms with E-state index in [1.165, 1.54) is 27.1 Å². The molecule has 0 aliphatic heterocycles. The summed E-state index contributed by atoms with van der Waals surface area (Å²) in [5, 5.41) is 4.97. The SMILES string of the molecule is [N-]=[N+]=C1Cc2cccc3ccc4cccc1c4c23. The molecule has 0 spiro atoms. The summed E-state index contributed by atoms with van der Waals surface area (Å²) in [7, 11) is 0. The van der Waals surface area contributed by atoms with Crippen molar-refractivity contribution in [2.45, 2.75) is 6.42 Å². The largest absolute Gasteiger partial charge is 0.361 e. The fourth-order valence-corrected chi connectivity index (χ4v) is 2.98. The summed E-state index contributed by atoms with van der Waals surface area (Å²) in [6, 6.07) is 16.8. The molecule has 0 N–H and O–H groups in total. The second kappa shape index (κ2) is 3.28. The van der Waals surface area contributed by atoms with Gasteiger partial charge in [-0.15, -0.1) is 0 Å². The molecule has 0 saturated carbocycles. The summed E-state index contributed by atoms with van der Waals surface area (Å²) >= 11 is 0. The van der Waals surface area contributed by atoms with Gasteiger partial charge in [0.25, 0.3) is 0 Å². The monoisotopic (exact) mass is 230 g/mol. The fourth-order valence-electron chi connectivity index (χ4n) is 2.98. The molecule has 0 bridgehead atoms. The maximum absolute atomic E-state index is 9.21. The Morgan fingerprint density at radius 1 is 0.833 bits per heavy atom. The Hall–Kier alpha value is -2.44. The van der Waals surface area contributed by atoms with E-state index in [1.807, 2.05) is 12.1 Å². The molecule has 0 heterocycles. The maximum Gasteiger partial charge on any atom is 0.304 e. The van der Waals surface area contributed by atoms with E-state index >= 15 is 0 Å². The van der Waals surface area contributed by atoms with Crippen LogP contribution in [0.15, 0.2) is 48.5 Å². The first-order chi connectivity index (χ1) is 8.88. The van der Waals surface area contributed by atoms with Crippen molar-refractivity contribution in [1.82, 2.24) is 0 Å². The molecule has 1 aliphatic carbocycles. The summed E-state index contributed by atoms with van der Waals surface area (Å²) in [6.45, 7) is 0. The zero-order valence-electron chi connectivity index (χ0n) is 9.72. The first-order valence-corrected chi connectivity index (χ1v) is 6.03. The molecule has 3 aromatic carbocycles. The van der Waals surface area contributed by atoms with Gasteiger partial charge in [-0.05, 0) is 27.8 Å². The van der Waals surface area contributed by atoms with Crippen LogP contribution in [-0.4, -0.2) is 10.5 Å². The number of hydrogen-bond acceptors (Lipinski definition) is 0. The molecular weight excluding hydrogens is 220 g/mol. The van der Waals surface area contributed by atoms with E-state index in [9.17, 15) is 5.53 Å². The van der Waals surface area contributed by atoms with Crippen molar-refractivity contribution in [3.63, 3.8) is 0 Å². The normalized spacial score (nSPS) is 13.2. The van der Waals surface area contributed by atoms with Crippen LogP contribution in [0.1, 0.15) is 11.1 Å². The predicted octanol–water partition coefficient (Wildman–Crippen LogP) is 3.57. The van der Waals surface area contributed by atoms with Crippen LogP contribution in [0.4, 0.5) is 0 Å². The topological polar surface area (TPSA) is 36.4 Å². The van der Waals surface area contributed by atoms with Gasteiger partial charge in [-0.2, -0.15) is 4.79 Å².